The van der Waals surface area contributed by atoms with E-state index in [-0.39, 0.29) is 11.9 Å². The van der Waals surface area contributed by atoms with Crippen LogP contribution in [0.5, 0.6) is 5.75 Å². The van der Waals surface area contributed by atoms with Gasteiger partial charge in [-0.25, -0.2) is 4.79 Å². The second kappa shape index (κ2) is 11.6. The second-order valence-electron chi connectivity index (χ2n) is 8.83. The molecule has 1 aliphatic rings. The fraction of sp³-hybridized carbons (Fsp3) is 0.276. The fourth-order valence-corrected chi connectivity index (χ4v) is 4.18. The molecule has 3 aromatic carbocycles. The van der Waals surface area contributed by atoms with E-state index in [1.165, 1.54) is 12.5 Å². The number of carbonyl (C=O) groups is 3. The van der Waals surface area contributed by atoms with Gasteiger partial charge in [0.25, 0.3) is 5.91 Å². The van der Waals surface area contributed by atoms with Crippen LogP contribution >= 0.6 is 0 Å². The minimum Gasteiger partial charge on any atom is -0.449 e. The molecule has 1 saturated heterocycles. The van der Waals surface area contributed by atoms with Gasteiger partial charge in [-0.2, -0.15) is 0 Å². The third kappa shape index (κ3) is 6.58. The van der Waals surface area contributed by atoms with Crippen molar-refractivity contribution in [3.05, 3.63) is 90.0 Å². The van der Waals surface area contributed by atoms with E-state index in [2.05, 4.69) is 17.0 Å². The highest BCUT2D eigenvalue weighted by atomic mass is 16.5. The van der Waals surface area contributed by atoms with Crippen molar-refractivity contribution in [1.29, 1.82) is 0 Å². The quantitative estimate of drug-likeness (QED) is 0.369. The maximum atomic E-state index is 12.9. The third-order valence-corrected chi connectivity index (χ3v) is 6.13. The molecular weight excluding hydrogens is 456 g/mol. The van der Waals surface area contributed by atoms with Crippen molar-refractivity contribution >= 4 is 17.8 Å². The van der Waals surface area contributed by atoms with Crippen LogP contribution in [0.4, 0.5) is 0 Å². The van der Waals surface area contributed by atoms with E-state index in [9.17, 15) is 14.4 Å². The number of ether oxygens (including phenoxy) is 2. The summed E-state index contributed by atoms with van der Waals surface area (Å²) in [4.78, 5) is 40.7. The molecule has 0 unspecified atom stereocenters. The van der Waals surface area contributed by atoms with Crippen LogP contribution in [0.3, 0.4) is 0 Å². The Balaban J connectivity index is 1.27. The Morgan fingerprint density at radius 3 is 1.97 bits per heavy atom. The summed E-state index contributed by atoms with van der Waals surface area (Å²) < 4.78 is 10.5. The molecule has 0 aliphatic carbocycles. The van der Waals surface area contributed by atoms with Gasteiger partial charge >= 0.3 is 11.9 Å². The molecule has 186 valence electrons. The minimum absolute atomic E-state index is 0.174. The third-order valence-electron chi connectivity index (χ3n) is 6.13. The van der Waals surface area contributed by atoms with E-state index >= 15 is 0 Å². The molecule has 1 amide bonds. The molecule has 4 rings (SSSR count). The number of amides is 1. The number of rotatable bonds is 7. The normalized spacial score (nSPS) is 14.7. The van der Waals surface area contributed by atoms with Crippen molar-refractivity contribution in [2.24, 2.45) is 0 Å². The van der Waals surface area contributed by atoms with Crippen molar-refractivity contribution < 1.29 is 23.9 Å². The van der Waals surface area contributed by atoms with Crippen molar-refractivity contribution in [2.75, 3.05) is 26.2 Å². The molecule has 7 nitrogen and oxygen atoms in total. The second-order valence-corrected chi connectivity index (χ2v) is 8.83. The molecule has 0 N–H and O–H groups in total. The average Bonchev–Trinajstić information content (AvgIpc) is 2.89. The van der Waals surface area contributed by atoms with Crippen LogP contribution in [0.2, 0.25) is 0 Å². The molecule has 0 aromatic heterocycles. The molecule has 1 heterocycles. The number of hydrogen-bond donors (Lipinski definition) is 0. The van der Waals surface area contributed by atoms with E-state index < -0.39 is 12.1 Å². The SMILES string of the molecule is CC(=O)Oc1ccc(-c2ccc(C(=O)O[C@@H](C)C(=O)N3CCN(Cc4ccccc4)CC3)cc2)cc1. The lowest BCUT2D eigenvalue weighted by atomic mass is 10.0. The molecule has 0 radical (unpaired) electrons. The van der Waals surface area contributed by atoms with Gasteiger partial charge in [-0.15, -0.1) is 0 Å². The lowest BCUT2D eigenvalue weighted by Crippen LogP contribution is -2.51. The summed E-state index contributed by atoms with van der Waals surface area (Å²) in [6, 6.07) is 24.4. The van der Waals surface area contributed by atoms with Gasteiger partial charge in [0.2, 0.25) is 0 Å². The van der Waals surface area contributed by atoms with Gasteiger partial charge < -0.3 is 14.4 Å². The van der Waals surface area contributed by atoms with Gasteiger partial charge in [0.05, 0.1) is 5.56 Å². The van der Waals surface area contributed by atoms with E-state index in [0.29, 0.717) is 24.4 Å². The van der Waals surface area contributed by atoms with Crippen molar-refractivity contribution in [3.8, 4) is 16.9 Å². The van der Waals surface area contributed by atoms with Crippen LogP contribution in [0, 0.1) is 0 Å². The largest absolute Gasteiger partial charge is 0.449 e. The Hall–Kier alpha value is -3.97. The molecule has 0 spiro atoms. The number of nitrogens with zero attached hydrogens (tertiary/aromatic N) is 2. The summed E-state index contributed by atoms with van der Waals surface area (Å²) in [5, 5.41) is 0. The minimum atomic E-state index is -0.855. The van der Waals surface area contributed by atoms with Crippen molar-refractivity contribution in [1.82, 2.24) is 9.80 Å². The van der Waals surface area contributed by atoms with E-state index in [1.807, 2.05) is 42.5 Å². The molecule has 0 saturated carbocycles. The van der Waals surface area contributed by atoms with E-state index in [0.717, 1.165) is 30.8 Å². The predicted molar refractivity (Wildman–Crippen MR) is 136 cm³/mol. The summed E-state index contributed by atoms with van der Waals surface area (Å²) in [6.45, 7) is 6.62. The standard InChI is InChI=1S/C29H30N2O5/c1-21(28(33)31-18-16-30(17-19-31)20-23-6-4-3-5-7-23)35-29(34)26-10-8-24(9-11-26)25-12-14-27(15-13-25)36-22(2)32/h3-15,21H,16-20H2,1-2H3/t21-/m0/s1. The lowest BCUT2D eigenvalue weighted by Gasteiger charge is -2.35. The first-order valence-electron chi connectivity index (χ1n) is 12.0. The topological polar surface area (TPSA) is 76.2 Å². The molecule has 1 fully saturated rings. The zero-order valence-corrected chi connectivity index (χ0v) is 20.6. The van der Waals surface area contributed by atoms with Crippen molar-refractivity contribution in [3.63, 3.8) is 0 Å². The first kappa shape index (κ1) is 25.1. The molecule has 1 atom stereocenters. The van der Waals surface area contributed by atoms with Crippen LogP contribution < -0.4 is 4.74 Å². The van der Waals surface area contributed by atoms with Crippen LogP contribution in [0.25, 0.3) is 11.1 Å². The number of piperazine rings is 1. The van der Waals surface area contributed by atoms with Gasteiger partial charge in [0, 0.05) is 39.6 Å². The number of hydrogen-bond acceptors (Lipinski definition) is 6. The first-order valence-corrected chi connectivity index (χ1v) is 12.0. The molecule has 0 bridgehead atoms. The summed E-state index contributed by atoms with van der Waals surface area (Å²) in [5.41, 5.74) is 3.45. The van der Waals surface area contributed by atoms with Gasteiger partial charge in [0.1, 0.15) is 5.75 Å². The molecular formula is C29H30N2O5. The zero-order valence-electron chi connectivity index (χ0n) is 20.6. The predicted octanol–water partition coefficient (Wildman–Crippen LogP) is 4.17. The maximum Gasteiger partial charge on any atom is 0.338 e. The monoisotopic (exact) mass is 486 g/mol. The van der Waals surface area contributed by atoms with Crippen molar-refractivity contribution in [2.45, 2.75) is 26.5 Å². The number of carbonyl (C=O) groups excluding carboxylic acids is 3. The van der Waals surface area contributed by atoms with Crippen LogP contribution in [0.1, 0.15) is 29.8 Å². The highest BCUT2D eigenvalue weighted by Gasteiger charge is 2.27. The first-order chi connectivity index (χ1) is 17.4. The van der Waals surface area contributed by atoms with E-state index in [4.69, 9.17) is 9.47 Å². The Kier molecular flexibility index (Phi) is 8.13. The fourth-order valence-electron chi connectivity index (χ4n) is 4.18. The van der Waals surface area contributed by atoms with Crippen LogP contribution in [0.15, 0.2) is 78.9 Å². The molecule has 3 aromatic rings. The van der Waals surface area contributed by atoms with Gasteiger partial charge in [-0.05, 0) is 47.9 Å². The lowest BCUT2D eigenvalue weighted by molar-refractivity contribution is -0.141. The Bertz CT molecular complexity index is 1180. The Morgan fingerprint density at radius 1 is 0.806 bits per heavy atom. The Morgan fingerprint density at radius 2 is 1.39 bits per heavy atom. The smallest absolute Gasteiger partial charge is 0.338 e. The number of esters is 2. The Labute approximate surface area is 211 Å². The highest BCUT2D eigenvalue weighted by molar-refractivity contribution is 5.92. The summed E-state index contributed by atoms with van der Waals surface area (Å²) in [6.07, 6.45) is -0.855. The molecule has 7 heteroatoms. The summed E-state index contributed by atoms with van der Waals surface area (Å²) >= 11 is 0. The summed E-state index contributed by atoms with van der Waals surface area (Å²) in [5.74, 6) is -0.603. The number of benzene rings is 3. The van der Waals surface area contributed by atoms with Crippen LogP contribution in [-0.2, 0) is 20.9 Å². The zero-order chi connectivity index (χ0) is 25.5. The maximum absolute atomic E-state index is 12.9. The molecule has 36 heavy (non-hydrogen) atoms. The van der Waals surface area contributed by atoms with Gasteiger partial charge in [-0.3, -0.25) is 14.5 Å². The van der Waals surface area contributed by atoms with Crippen LogP contribution in [-0.4, -0.2) is 59.9 Å². The van der Waals surface area contributed by atoms with E-state index in [1.54, 1.807) is 36.1 Å². The van der Waals surface area contributed by atoms with Gasteiger partial charge in [-0.1, -0.05) is 54.6 Å². The molecule has 1 aliphatic heterocycles. The van der Waals surface area contributed by atoms with Gasteiger partial charge in [0.15, 0.2) is 6.10 Å². The average molecular weight is 487 g/mol. The highest BCUT2D eigenvalue weighted by Crippen LogP contribution is 2.23. The summed E-state index contributed by atoms with van der Waals surface area (Å²) in [7, 11) is 0.